The summed E-state index contributed by atoms with van der Waals surface area (Å²) < 4.78 is 60.4. The molecule has 1 fully saturated rings. The molecule has 3 rings (SSSR count). The van der Waals surface area contributed by atoms with Crippen LogP contribution >= 0.6 is 0 Å². The highest BCUT2D eigenvalue weighted by Crippen LogP contribution is 2.38. The molecule has 2 aromatic carbocycles. The first kappa shape index (κ1) is 17.5. The fourth-order valence-electron chi connectivity index (χ4n) is 2.93. The van der Waals surface area contributed by atoms with Crippen LogP contribution in [0.5, 0.6) is 0 Å². The number of morpholine rings is 1. The van der Waals surface area contributed by atoms with Gasteiger partial charge in [-0.3, -0.25) is 0 Å². The summed E-state index contributed by atoms with van der Waals surface area (Å²) in [6.07, 6.45) is -4.54. The smallest absolute Gasteiger partial charge is 0.378 e. The highest BCUT2D eigenvalue weighted by Gasteiger charge is 2.41. The molecule has 0 bridgehead atoms. The quantitative estimate of drug-likeness (QED) is 0.756. The third kappa shape index (κ3) is 4.02. The van der Waals surface area contributed by atoms with Crippen LogP contribution < -0.4 is 0 Å². The van der Waals surface area contributed by atoms with Crippen LogP contribution in [0.25, 0.3) is 5.57 Å². The van der Waals surface area contributed by atoms with E-state index in [1.165, 1.54) is 29.2 Å². The second kappa shape index (κ2) is 7.27. The predicted molar refractivity (Wildman–Crippen MR) is 87.3 cm³/mol. The Balaban J connectivity index is 2.24. The molecule has 0 amide bonds. The second-order valence-electron chi connectivity index (χ2n) is 5.69. The number of nitrogens with zero attached hydrogens (tertiary/aromatic N) is 1. The van der Waals surface area contributed by atoms with Gasteiger partial charge in [0.15, 0.2) is 0 Å². The Labute approximate surface area is 143 Å². The summed E-state index contributed by atoms with van der Waals surface area (Å²) in [6.45, 7) is 0.800. The molecule has 2 aromatic rings. The molecule has 0 unspecified atom stereocenters. The zero-order chi connectivity index (χ0) is 17.9. The monoisotopic (exact) mass is 351 g/mol. The van der Waals surface area contributed by atoms with Crippen LogP contribution in [-0.4, -0.2) is 37.4 Å². The van der Waals surface area contributed by atoms with Gasteiger partial charge in [0.2, 0.25) is 0 Å². The van der Waals surface area contributed by atoms with Gasteiger partial charge in [-0.1, -0.05) is 42.5 Å². The molecule has 1 saturated heterocycles. The van der Waals surface area contributed by atoms with E-state index in [2.05, 4.69) is 0 Å². The number of halogens is 4. The van der Waals surface area contributed by atoms with Crippen molar-refractivity contribution in [2.24, 2.45) is 0 Å². The maximum Gasteiger partial charge on any atom is 0.431 e. The molecule has 6 heteroatoms. The summed E-state index contributed by atoms with van der Waals surface area (Å²) in [5.41, 5.74) is 0.1000. The molecule has 0 radical (unpaired) electrons. The van der Waals surface area contributed by atoms with Crippen LogP contribution in [-0.2, 0) is 4.74 Å². The van der Waals surface area contributed by atoms with E-state index in [4.69, 9.17) is 4.74 Å². The van der Waals surface area contributed by atoms with Gasteiger partial charge < -0.3 is 9.64 Å². The molecule has 1 heterocycles. The van der Waals surface area contributed by atoms with Gasteiger partial charge >= 0.3 is 6.18 Å². The third-order valence-corrected chi connectivity index (χ3v) is 4.03. The second-order valence-corrected chi connectivity index (χ2v) is 5.69. The first-order chi connectivity index (χ1) is 12.0. The van der Waals surface area contributed by atoms with E-state index in [9.17, 15) is 17.6 Å². The Morgan fingerprint density at radius 2 is 1.40 bits per heavy atom. The molecule has 0 saturated carbocycles. The van der Waals surface area contributed by atoms with Crippen LogP contribution in [0, 0.1) is 5.82 Å². The van der Waals surface area contributed by atoms with Gasteiger partial charge in [-0.15, -0.1) is 0 Å². The number of rotatable bonds is 3. The lowest BCUT2D eigenvalue weighted by atomic mass is 9.94. The minimum Gasteiger partial charge on any atom is -0.378 e. The summed E-state index contributed by atoms with van der Waals surface area (Å²) in [5.74, 6) is -0.490. The van der Waals surface area contributed by atoms with Gasteiger partial charge in [-0.05, 0) is 23.3 Å². The lowest BCUT2D eigenvalue weighted by Gasteiger charge is -2.34. The minimum atomic E-state index is -4.54. The highest BCUT2D eigenvalue weighted by atomic mass is 19.4. The van der Waals surface area contributed by atoms with Gasteiger partial charge in [0.05, 0.1) is 13.2 Å². The van der Waals surface area contributed by atoms with Crippen molar-refractivity contribution < 1.29 is 22.3 Å². The largest absolute Gasteiger partial charge is 0.431 e. The number of alkyl halides is 3. The molecule has 0 spiro atoms. The predicted octanol–water partition coefficient (Wildman–Crippen LogP) is 4.48. The molecular weight excluding hydrogens is 334 g/mol. The van der Waals surface area contributed by atoms with E-state index in [1.807, 2.05) is 0 Å². The molecule has 2 nitrogen and oxygen atoms in total. The summed E-state index contributed by atoms with van der Waals surface area (Å²) in [7, 11) is 0. The number of hydrogen-bond donors (Lipinski definition) is 0. The van der Waals surface area contributed by atoms with Crippen molar-refractivity contribution in [2.45, 2.75) is 6.18 Å². The van der Waals surface area contributed by atoms with Crippen molar-refractivity contribution in [3.63, 3.8) is 0 Å². The standard InChI is InChI=1S/C19H17F4NO/c20-16-8-6-15(7-9-16)17(14-4-2-1-3-5-14)18(19(21,22)23)24-10-12-25-13-11-24/h1-9H,10-13H2/b18-17-. The average molecular weight is 351 g/mol. The summed E-state index contributed by atoms with van der Waals surface area (Å²) >= 11 is 0. The fourth-order valence-corrected chi connectivity index (χ4v) is 2.93. The summed E-state index contributed by atoms with van der Waals surface area (Å²) in [4.78, 5) is 1.30. The van der Waals surface area contributed by atoms with E-state index in [0.717, 1.165) is 0 Å². The normalized spacial score (nSPS) is 16.6. The summed E-state index contributed by atoms with van der Waals surface area (Å²) in [6, 6.07) is 13.5. The van der Waals surface area contributed by atoms with Crippen molar-refractivity contribution in [3.05, 3.63) is 77.2 Å². The van der Waals surface area contributed by atoms with Crippen molar-refractivity contribution in [3.8, 4) is 0 Å². The lowest BCUT2D eigenvalue weighted by Crippen LogP contribution is -2.41. The Kier molecular flexibility index (Phi) is 5.08. The Bertz CT molecular complexity index is 732. The van der Waals surface area contributed by atoms with E-state index < -0.39 is 17.7 Å². The van der Waals surface area contributed by atoms with E-state index >= 15 is 0 Å². The minimum absolute atomic E-state index is 0.0509. The van der Waals surface area contributed by atoms with E-state index in [1.54, 1.807) is 30.3 Å². The average Bonchev–Trinajstić information content (AvgIpc) is 2.61. The molecule has 132 valence electrons. The van der Waals surface area contributed by atoms with Gasteiger partial charge in [0, 0.05) is 18.7 Å². The molecule has 0 atom stereocenters. The van der Waals surface area contributed by atoms with E-state index in [-0.39, 0.29) is 31.9 Å². The van der Waals surface area contributed by atoms with Crippen molar-refractivity contribution >= 4 is 5.57 Å². The van der Waals surface area contributed by atoms with Gasteiger partial charge in [-0.25, -0.2) is 4.39 Å². The van der Waals surface area contributed by atoms with Gasteiger partial charge in [-0.2, -0.15) is 13.2 Å². The number of allylic oxidation sites excluding steroid dienone is 1. The molecule has 1 aliphatic rings. The molecular formula is C19H17F4NO. The van der Waals surface area contributed by atoms with Crippen LogP contribution in [0.4, 0.5) is 17.6 Å². The van der Waals surface area contributed by atoms with Gasteiger partial charge in [0.1, 0.15) is 11.5 Å². The Hall–Kier alpha value is -2.34. The maximum atomic E-state index is 14.0. The Morgan fingerprint density at radius 1 is 0.840 bits per heavy atom. The SMILES string of the molecule is Fc1ccc(/C(=C(\N2CCOCC2)C(F)(F)F)c2ccccc2)cc1. The summed E-state index contributed by atoms with van der Waals surface area (Å²) in [5, 5.41) is 0. The zero-order valence-corrected chi connectivity index (χ0v) is 13.4. The van der Waals surface area contributed by atoms with Crippen molar-refractivity contribution in [1.29, 1.82) is 0 Å². The zero-order valence-electron chi connectivity index (χ0n) is 13.4. The van der Waals surface area contributed by atoms with Gasteiger partial charge in [0.25, 0.3) is 0 Å². The number of benzene rings is 2. The van der Waals surface area contributed by atoms with Crippen LogP contribution in [0.15, 0.2) is 60.3 Å². The number of ether oxygens (including phenoxy) is 1. The van der Waals surface area contributed by atoms with Crippen LogP contribution in [0.2, 0.25) is 0 Å². The fraction of sp³-hybridized carbons (Fsp3) is 0.263. The first-order valence-electron chi connectivity index (χ1n) is 7.92. The maximum absolute atomic E-state index is 14.0. The molecule has 25 heavy (non-hydrogen) atoms. The van der Waals surface area contributed by atoms with Crippen molar-refractivity contribution in [2.75, 3.05) is 26.3 Å². The molecule has 0 N–H and O–H groups in total. The van der Waals surface area contributed by atoms with Crippen LogP contribution in [0.3, 0.4) is 0 Å². The lowest BCUT2D eigenvalue weighted by molar-refractivity contribution is -0.117. The first-order valence-corrected chi connectivity index (χ1v) is 7.92. The third-order valence-electron chi connectivity index (χ3n) is 4.03. The Morgan fingerprint density at radius 3 is 1.96 bits per heavy atom. The molecule has 1 aliphatic heterocycles. The van der Waals surface area contributed by atoms with Crippen molar-refractivity contribution in [1.82, 2.24) is 4.90 Å². The number of hydrogen-bond acceptors (Lipinski definition) is 2. The molecule has 0 aliphatic carbocycles. The molecule has 0 aromatic heterocycles. The van der Waals surface area contributed by atoms with E-state index in [0.29, 0.717) is 11.1 Å². The highest BCUT2D eigenvalue weighted by molar-refractivity contribution is 5.82. The van der Waals surface area contributed by atoms with Crippen LogP contribution in [0.1, 0.15) is 11.1 Å². The topological polar surface area (TPSA) is 12.5 Å².